The van der Waals surface area contributed by atoms with Crippen LogP contribution in [-0.4, -0.2) is 36.4 Å². The predicted molar refractivity (Wildman–Crippen MR) is 75.5 cm³/mol. The molecule has 0 saturated heterocycles. The normalized spacial score (nSPS) is 21.8. The lowest BCUT2D eigenvalue weighted by atomic mass is 9.87. The second-order valence-corrected chi connectivity index (χ2v) is 5.12. The molecule has 0 amide bonds. The van der Waals surface area contributed by atoms with Gasteiger partial charge in [-0.25, -0.2) is 0 Å². The summed E-state index contributed by atoms with van der Waals surface area (Å²) in [7, 11) is 3.15. The van der Waals surface area contributed by atoms with E-state index in [2.05, 4.69) is 4.98 Å². The largest absolute Gasteiger partial charge is 0.493 e. The highest BCUT2D eigenvalue weighted by Crippen LogP contribution is 2.31. The fourth-order valence-corrected chi connectivity index (χ4v) is 2.63. The number of hydrogen-bond donors (Lipinski definition) is 1. The van der Waals surface area contributed by atoms with Gasteiger partial charge in [-0.05, 0) is 25.7 Å². The zero-order valence-corrected chi connectivity index (χ0v) is 12.4. The Morgan fingerprint density at radius 2 is 2.00 bits per heavy atom. The fraction of sp³-hybridized carbons (Fsp3) is 0.600. The van der Waals surface area contributed by atoms with Crippen molar-refractivity contribution in [1.82, 2.24) is 4.98 Å². The lowest BCUT2D eigenvalue weighted by Gasteiger charge is -2.26. The summed E-state index contributed by atoms with van der Waals surface area (Å²) >= 11 is 0. The SMILES string of the molecule is COc1ccnc(COC2CCC(C(=O)O)CC2)c1OC. The molecule has 1 aromatic rings. The van der Waals surface area contributed by atoms with Gasteiger partial charge < -0.3 is 19.3 Å². The number of methoxy groups -OCH3 is 2. The van der Waals surface area contributed by atoms with E-state index in [4.69, 9.17) is 19.3 Å². The zero-order chi connectivity index (χ0) is 15.2. The molecule has 0 bridgehead atoms. The number of carboxylic acids is 1. The van der Waals surface area contributed by atoms with E-state index in [-0.39, 0.29) is 12.0 Å². The van der Waals surface area contributed by atoms with Gasteiger partial charge in [0.15, 0.2) is 11.5 Å². The molecule has 1 aromatic heterocycles. The lowest BCUT2D eigenvalue weighted by molar-refractivity contribution is -0.143. The van der Waals surface area contributed by atoms with Crippen LogP contribution in [0.15, 0.2) is 12.3 Å². The van der Waals surface area contributed by atoms with Crippen molar-refractivity contribution in [2.75, 3.05) is 14.2 Å². The summed E-state index contributed by atoms with van der Waals surface area (Å²) in [6, 6.07) is 1.74. The molecule has 116 valence electrons. The first-order valence-electron chi connectivity index (χ1n) is 7.06. The van der Waals surface area contributed by atoms with Crippen molar-refractivity contribution in [3.8, 4) is 11.5 Å². The van der Waals surface area contributed by atoms with Crippen molar-refractivity contribution in [1.29, 1.82) is 0 Å². The van der Waals surface area contributed by atoms with Gasteiger partial charge in [-0.15, -0.1) is 0 Å². The summed E-state index contributed by atoms with van der Waals surface area (Å²) in [5.41, 5.74) is 0.692. The molecule has 6 nitrogen and oxygen atoms in total. The van der Waals surface area contributed by atoms with Crippen molar-refractivity contribution >= 4 is 5.97 Å². The van der Waals surface area contributed by atoms with Gasteiger partial charge in [0.05, 0.1) is 32.8 Å². The quantitative estimate of drug-likeness (QED) is 0.867. The van der Waals surface area contributed by atoms with E-state index in [1.54, 1.807) is 26.5 Å². The highest BCUT2D eigenvalue weighted by atomic mass is 16.5. The van der Waals surface area contributed by atoms with E-state index in [0.29, 0.717) is 36.6 Å². The Kier molecular flexibility index (Phi) is 5.38. The molecule has 0 spiro atoms. The maximum absolute atomic E-state index is 10.9. The van der Waals surface area contributed by atoms with Crippen LogP contribution in [0.3, 0.4) is 0 Å². The summed E-state index contributed by atoms with van der Waals surface area (Å²) in [6.07, 6.45) is 4.61. The van der Waals surface area contributed by atoms with E-state index in [0.717, 1.165) is 12.8 Å². The van der Waals surface area contributed by atoms with Crippen LogP contribution in [0.2, 0.25) is 0 Å². The van der Waals surface area contributed by atoms with Gasteiger partial charge in [0.2, 0.25) is 0 Å². The zero-order valence-electron chi connectivity index (χ0n) is 12.4. The third-order valence-corrected chi connectivity index (χ3v) is 3.85. The maximum Gasteiger partial charge on any atom is 0.306 e. The molecule has 0 radical (unpaired) electrons. The van der Waals surface area contributed by atoms with Gasteiger partial charge in [0.25, 0.3) is 0 Å². The number of nitrogens with zero attached hydrogens (tertiary/aromatic N) is 1. The number of aromatic nitrogens is 1. The fourth-order valence-electron chi connectivity index (χ4n) is 2.63. The minimum atomic E-state index is -0.704. The molecule has 21 heavy (non-hydrogen) atoms. The molecule has 0 atom stereocenters. The molecule has 0 aromatic carbocycles. The summed E-state index contributed by atoms with van der Waals surface area (Å²) in [5, 5.41) is 8.98. The summed E-state index contributed by atoms with van der Waals surface area (Å²) in [5.74, 6) is 0.277. The number of aliphatic carboxylic acids is 1. The Morgan fingerprint density at radius 3 is 2.57 bits per heavy atom. The van der Waals surface area contributed by atoms with Crippen LogP contribution in [0.25, 0.3) is 0 Å². The van der Waals surface area contributed by atoms with E-state index in [1.165, 1.54) is 0 Å². The van der Waals surface area contributed by atoms with Crippen molar-refractivity contribution < 1.29 is 24.1 Å². The minimum absolute atomic E-state index is 0.0818. The van der Waals surface area contributed by atoms with Crippen LogP contribution in [0, 0.1) is 5.92 Å². The molecule has 1 heterocycles. The number of rotatable bonds is 6. The second kappa shape index (κ2) is 7.26. The number of hydrogen-bond acceptors (Lipinski definition) is 5. The minimum Gasteiger partial charge on any atom is -0.493 e. The molecule has 0 aliphatic heterocycles. The molecule has 1 N–H and O–H groups in total. The van der Waals surface area contributed by atoms with Gasteiger partial charge in [-0.1, -0.05) is 0 Å². The van der Waals surface area contributed by atoms with E-state index in [9.17, 15) is 4.79 Å². The highest BCUT2D eigenvalue weighted by Gasteiger charge is 2.26. The first kappa shape index (κ1) is 15.6. The highest BCUT2D eigenvalue weighted by molar-refractivity contribution is 5.70. The summed E-state index contributed by atoms with van der Waals surface area (Å²) in [6.45, 7) is 0.336. The number of carboxylic acid groups (broad SMARTS) is 1. The molecule has 2 rings (SSSR count). The molecular weight excluding hydrogens is 274 g/mol. The maximum atomic E-state index is 10.9. The van der Waals surface area contributed by atoms with E-state index < -0.39 is 5.97 Å². The Balaban J connectivity index is 1.91. The Morgan fingerprint density at radius 1 is 1.29 bits per heavy atom. The van der Waals surface area contributed by atoms with Crippen molar-refractivity contribution in [3.63, 3.8) is 0 Å². The topological polar surface area (TPSA) is 77.9 Å². The number of pyridine rings is 1. The van der Waals surface area contributed by atoms with Gasteiger partial charge >= 0.3 is 5.97 Å². The Labute approximate surface area is 124 Å². The van der Waals surface area contributed by atoms with Crippen molar-refractivity contribution in [2.45, 2.75) is 38.4 Å². The lowest BCUT2D eigenvalue weighted by Crippen LogP contribution is -2.26. The van der Waals surface area contributed by atoms with Crippen LogP contribution in [-0.2, 0) is 16.1 Å². The van der Waals surface area contributed by atoms with E-state index in [1.807, 2.05) is 0 Å². The predicted octanol–water partition coefficient (Wildman–Crippen LogP) is 2.26. The van der Waals surface area contributed by atoms with Crippen LogP contribution in [0.1, 0.15) is 31.4 Å². The molecule has 1 fully saturated rings. The van der Waals surface area contributed by atoms with Gasteiger partial charge in [-0.3, -0.25) is 9.78 Å². The van der Waals surface area contributed by atoms with Gasteiger partial charge in [-0.2, -0.15) is 0 Å². The van der Waals surface area contributed by atoms with Crippen molar-refractivity contribution in [2.24, 2.45) is 5.92 Å². The van der Waals surface area contributed by atoms with Crippen LogP contribution < -0.4 is 9.47 Å². The van der Waals surface area contributed by atoms with Crippen LogP contribution >= 0.6 is 0 Å². The van der Waals surface area contributed by atoms with E-state index >= 15 is 0 Å². The molecule has 1 saturated carbocycles. The number of carbonyl (C=O) groups is 1. The standard InChI is InChI=1S/C15H21NO5/c1-19-13-7-8-16-12(14(13)20-2)9-21-11-5-3-10(4-6-11)15(17)18/h7-8,10-11H,3-6,9H2,1-2H3,(H,17,18). The van der Waals surface area contributed by atoms with Gasteiger partial charge in [0.1, 0.15) is 5.69 Å². The molecule has 1 aliphatic carbocycles. The summed E-state index contributed by atoms with van der Waals surface area (Å²) < 4.78 is 16.4. The first-order chi connectivity index (χ1) is 10.2. The molecular formula is C15H21NO5. The molecule has 1 aliphatic rings. The third-order valence-electron chi connectivity index (χ3n) is 3.85. The Hall–Kier alpha value is -1.82. The summed E-state index contributed by atoms with van der Waals surface area (Å²) in [4.78, 5) is 15.2. The van der Waals surface area contributed by atoms with Crippen molar-refractivity contribution in [3.05, 3.63) is 18.0 Å². The Bertz CT molecular complexity index is 483. The van der Waals surface area contributed by atoms with Crippen LogP contribution in [0.4, 0.5) is 0 Å². The van der Waals surface area contributed by atoms with Gasteiger partial charge in [0, 0.05) is 12.3 Å². The molecule has 0 unspecified atom stereocenters. The average Bonchev–Trinajstić information content (AvgIpc) is 2.52. The third kappa shape index (κ3) is 3.85. The second-order valence-electron chi connectivity index (χ2n) is 5.12. The first-order valence-corrected chi connectivity index (χ1v) is 7.06. The number of ether oxygens (including phenoxy) is 3. The smallest absolute Gasteiger partial charge is 0.306 e. The monoisotopic (exact) mass is 295 g/mol. The molecule has 6 heteroatoms. The average molecular weight is 295 g/mol. The van der Waals surface area contributed by atoms with Crippen LogP contribution in [0.5, 0.6) is 11.5 Å².